The van der Waals surface area contributed by atoms with Crippen LogP contribution >= 0.6 is 0 Å². The number of halogens is 3. The number of alkyl halides is 3. The highest BCUT2D eigenvalue weighted by molar-refractivity contribution is 5.97. The Kier molecular flexibility index (Phi) is 5.62. The number of amides is 1. The second kappa shape index (κ2) is 8.23. The first-order valence-corrected chi connectivity index (χ1v) is 9.97. The summed E-state index contributed by atoms with van der Waals surface area (Å²) in [6.07, 6.45) is -2.99. The molecule has 1 saturated heterocycles. The summed E-state index contributed by atoms with van der Waals surface area (Å²) in [7, 11) is 0. The van der Waals surface area contributed by atoms with Gasteiger partial charge in [-0.05, 0) is 38.0 Å². The summed E-state index contributed by atoms with van der Waals surface area (Å²) >= 11 is 0. The zero-order valence-electron chi connectivity index (χ0n) is 16.9. The number of fused-ring (bicyclic) bond motifs is 1. The SMILES string of the molecule is C[C@H](Oc1ccc(C#N)cc1C(=O)N1Cc2cn(C3CCOCC3)nc2C1)C(F)(F)F. The Morgan fingerprint density at radius 1 is 1.32 bits per heavy atom. The number of benzene rings is 1. The number of ether oxygens (including phenoxy) is 2. The summed E-state index contributed by atoms with van der Waals surface area (Å²) in [5.41, 5.74) is 1.76. The molecule has 2 aliphatic heterocycles. The predicted molar refractivity (Wildman–Crippen MR) is 102 cm³/mol. The van der Waals surface area contributed by atoms with Crippen LogP contribution in [0.15, 0.2) is 24.4 Å². The second-order valence-corrected chi connectivity index (χ2v) is 7.71. The lowest BCUT2D eigenvalue weighted by Gasteiger charge is -2.23. The Balaban J connectivity index is 1.53. The van der Waals surface area contributed by atoms with Crippen LogP contribution in [0.1, 0.15) is 53.0 Å². The minimum Gasteiger partial charge on any atom is -0.480 e. The van der Waals surface area contributed by atoms with E-state index in [1.807, 2.05) is 16.9 Å². The van der Waals surface area contributed by atoms with Crippen LogP contribution in [-0.2, 0) is 17.8 Å². The molecule has 2 aromatic rings. The van der Waals surface area contributed by atoms with Crippen molar-refractivity contribution in [2.45, 2.75) is 51.2 Å². The van der Waals surface area contributed by atoms with Gasteiger partial charge in [-0.15, -0.1) is 0 Å². The molecule has 0 spiro atoms. The normalized spacial score (nSPS) is 17.8. The van der Waals surface area contributed by atoms with Crippen molar-refractivity contribution in [3.05, 3.63) is 46.8 Å². The molecule has 0 bridgehead atoms. The summed E-state index contributed by atoms with van der Waals surface area (Å²) in [5, 5.41) is 13.8. The van der Waals surface area contributed by atoms with Gasteiger partial charge in [-0.3, -0.25) is 9.48 Å². The maximum atomic E-state index is 13.1. The molecule has 0 unspecified atom stereocenters. The minimum atomic E-state index is -4.58. The Bertz CT molecular complexity index is 998. The maximum Gasteiger partial charge on any atom is 0.425 e. The molecular weight excluding hydrogens is 413 g/mol. The van der Waals surface area contributed by atoms with Crippen molar-refractivity contribution < 1.29 is 27.4 Å². The number of hydrogen-bond acceptors (Lipinski definition) is 5. The zero-order chi connectivity index (χ0) is 22.2. The summed E-state index contributed by atoms with van der Waals surface area (Å²) in [4.78, 5) is 14.6. The fourth-order valence-electron chi connectivity index (χ4n) is 3.75. The van der Waals surface area contributed by atoms with Crippen molar-refractivity contribution >= 4 is 5.91 Å². The monoisotopic (exact) mass is 434 g/mol. The fraction of sp³-hybridized carbons (Fsp3) is 0.476. The molecule has 0 saturated carbocycles. The number of nitrogens with zero attached hydrogens (tertiary/aromatic N) is 4. The minimum absolute atomic E-state index is 0.0717. The van der Waals surface area contributed by atoms with E-state index in [1.165, 1.54) is 23.1 Å². The highest BCUT2D eigenvalue weighted by Gasteiger charge is 2.39. The summed E-state index contributed by atoms with van der Waals surface area (Å²) in [6.45, 7) is 2.79. The molecule has 2 aliphatic rings. The third-order valence-electron chi connectivity index (χ3n) is 5.55. The molecule has 10 heteroatoms. The molecule has 4 rings (SSSR count). The first-order chi connectivity index (χ1) is 14.8. The van der Waals surface area contributed by atoms with Gasteiger partial charge in [0.15, 0.2) is 6.10 Å². The molecule has 164 valence electrons. The van der Waals surface area contributed by atoms with Gasteiger partial charge in [-0.2, -0.15) is 23.5 Å². The van der Waals surface area contributed by atoms with Crippen molar-refractivity contribution in [3.63, 3.8) is 0 Å². The number of hydrogen-bond donors (Lipinski definition) is 0. The Labute approximate surface area is 177 Å². The van der Waals surface area contributed by atoms with Gasteiger partial charge in [0.05, 0.1) is 35.5 Å². The first kappa shape index (κ1) is 21.2. The number of rotatable bonds is 4. The van der Waals surface area contributed by atoms with Gasteiger partial charge in [0.25, 0.3) is 5.91 Å². The van der Waals surface area contributed by atoms with Crippen LogP contribution in [0.25, 0.3) is 0 Å². The van der Waals surface area contributed by atoms with Crippen molar-refractivity contribution in [2.24, 2.45) is 0 Å². The highest BCUT2D eigenvalue weighted by atomic mass is 19.4. The molecule has 1 aromatic heterocycles. The molecule has 1 aromatic carbocycles. The number of carbonyl (C=O) groups is 1. The van der Waals surface area contributed by atoms with Crippen LogP contribution in [0.5, 0.6) is 5.75 Å². The summed E-state index contributed by atoms with van der Waals surface area (Å²) in [6, 6.07) is 5.99. The molecule has 1 fully saturated rings. The lowest BCUT2D eigenvalue weighted by atomic mass is 10.1. The molecule has 7 nitrogen and oxygen atoms in total. The van der Waals surface area contributed by atoms with E-state index < -0.39 is 18.2 Å². The molecule has 31 heavy (non-hydrogen) atoms. The second-order valence-electron chi connectivity index (χ2n) is 7.71. The van der Waals surface area contributed by atoms with Crippen LogP contribution in [0.4, 0.5) is 13.2 Å². The zero-order valence-corrected chi connectivity index (χ0v) is 16.9. The highest BCUT2D eigenvalue weighted by Crippen LogP contribution is 2.32. The van der Waals surface area contributed by atoms with Gasteiger partial charge in [0, 0.05) is 31.5 Å². The third kappa shape index (κ3) is 4.37. The van der Waals surface area contributed by atoms with Crippen LogP contribution in [0, 0.1) is 11.3 Å². The van der Waals surface area contributed by atoms with Crippen LogP contribution in [0.2, 0.25) is 0 Å². The lowest BCUT2D eigenvalue weighted by Crippen LogP contribution is -2.32. The van der Waals surface area contributed by atoms with E-state index in [2.05, 4.69) is 5.10 Å². The average molecular weight is 434 g/mol. The van der Waals surface area contributed by atoms with E-state index in [9.17, 15) is 18.0 Å². The molecule has 1 amide bonds. The first-order valence-electron chi connectivity index (χ1n) is 9.97. The van der Waals surface area contributed by atoms with Gasteiger partial charge in [-0.1, -0.05) is 0 Å². The summed E-state index contributed by atoms with van der Waals surface area (Å²) in [5.74, 6) is -0.706. The Morgan fingerprint density at radius 2 is 2.06 bits per heavy atom. The van der Waals surface area contributed by atoms with Gasteiger partial charge in [-0.25, -0.2) is 0 Å². The van der Waals surface area contributed by atoms with Gasteiger partial charge >= 0.3 is 6.18 Å². The van der Waals surface area contributed by atoms with Crippen molar-refractivity contribution in [1.82, 2.24) is 14.7 Å². The van der Waals surface area contributed by atoms with Crippen molar-refractivity contribution in [1.29, 1.82) is 5.26 Å². The van der Waals surface area contributed by atoms with Crippen LogP contribution < -0.4 is 4.74 Å². The smallest absolute Gasteiger partial charge is 0.425 e. The van der Waals surface area contributed by atoms with Gasteiger partial charge < -0.3 is 14.4 Å². The summed E-state index contributed by atoms with van der Waals surface area (Å²) < 4.78 is 51.2. The molecule has 0 N–H and O–H groups in total. The van der Waals surface area contributed by atoms with Crippen LogP contribution in [0.3, 0.4) is 0 Å². The van der Waals surface area contributed by atoms with E-state index >= 15 is 0 Å². The molecule has 0 aliphatic carbocycles. The van der Waals surface area contributed by atoms with Crippen molar-refractivity contribution in [3.8, 4) is 11.8 Å². The Hall–Kier alpha value is -3.06. The number of carbonyl (C=O) groups excluding carboxylic acids is 1. The number of aromatic nitrogens is 2. The molecular formula is C21H21F3N4O3. The topological polar surface area (TPSA) is 80.4 Å². The van der Waals surface area contributed by atoms with E-state index in [4.69, 9.17) is 14.7 Å². The standard InChI is InChI=1S/C21H21F3N4O3/c1-13(21(22,23)24)31-19-3-2-14(9-25)8-17(19)20(29)27-10-15-11-28(26-18(15)12-27)16-4-6-30-7-5-16/h2-3,8,11,13,16H,4-7,10,12H2,1H3/t13-/m0/s1. The molecule has 0 radical (unpaired) electrons. The van der Waals surface area contributed by atoms with E-state index in [1.54, 1.807) is 0 Å². The maximum absolute atomic E-state index is 13.1. The molecule has 1 atom stereocenters. The average Bonchev–Trinajstić information content (AvgIpc) is 3.33. The predicted octanol–water partition coefficient (Wildman–Crippen LogP) is 3.59. The lowest BCUT2D eigenvalue weighted by molar-refractivity contribution is -0.189. The van der Waals surface area contributed by atoms with Gasteiger partial charge in [0.1, 0.15) is 5.75 Å². The Morgan fingerprint density at radius 3 is 2.71 bits per heavy atom. The van der Waals surface area contributed by atoms with Crippen molar-refractivity contribution in [2.75, 3.05) is 13.2 Å². The largest absolute Gasteiger partial charge is 0.480 e. The quantitative estimate of drug-likeness (QED) is 0.735. The van der Waals surface area contributed by atoms with E-state index in [-0.39, 0.29) is 29.5 Å². The van der Waals surface area contributed by atoms with Gasteiger partial charge in [0.2, 0.25) is 0 Å². The third-order valence-corrected chi connectivity index (χ3v) is 5.55. The van der Waals surface area contributed by atoms with E-state index in [0.717, 1.165) is 31.0 Å². The van der Waals surface area contributed by atoms with E-state index in [0.29, 0.717) is 19.8 Å². The number of nitriles is 1. The molecule has 3 heterocycles. The fourth-order valence-corrected chi connectivity index (χ4v) is 3.75. The van der Waals surface area contributed by atoms with Crippen LogP contribution in [-0.4, -0.2) is 46.1 Å².